The van der Waals surface area contributed by atoms with E-state index in [1.807, 2.05) is 12.1 Å². The smallest absolute Gasteiger partial charge is 0.171 e. The van der Waals surface area contributed by atoms with Gasteiger partial charge in [-0.05, 0) is 45.8 Å². The quantitative estimate of drug-likeness (QED) is 0.663. The Hall–Kier alpha value is -2.01. The third kappa shape index (κ3) is 3.36. The molecule has 0 aromatic heterocycles. The van der Waals surface area contributed by atoms with E-state index in [4.69, 9.17) is 15.2 Å². The zero-order valence-electron chi connectivity index (χ0n) is 11.9. The van der Waals surface area contributed by atoms with Gasteiger partial charge in [-0.15, -0.1) is 0 Å². The van der Waals surface area contributed by atoms with Crippen molar-refractivity contribution in [3.63, 3.8) is 0 Å². The standard InChI is InChI=1S/C16H16BrNO3/c1-20-14-8-7-12(16(21-2)15(14)17)13(19)9-10-3-5-11(18)6-4-10/h3-8H,9,18H2,1-2H3. The van der Waals surface area contributed by atoms with Crippen molar-refractivity contribution < 1.29 is 14.3 Å². The van der Waals surface area contributed by atoms with E-state index >= 15 is 0 Å². The molecule has 2 aromatic carbocycles. The average Bonchev–Trinajstić information content (AvgIpc) is 2.49. The molecule has 2 rings (SSSR count). The maximum Gasteiger partial charge on any atom is 0.171 e. The Bertz CT molecular complexity index is 653. The molecule has 0 radical (unpaired) electrons. The van der Waals surface area contributed by atoms with Crippen molar-refractivity contribution in [2.75, 3.05) is 20.0 Å². The Morgan fingerprint density at radius 1 is 1.10 bits per heavy atom. The maximum atomic E-state index is 12.5. The fourth-order valence-electron chi connectivity index (χ4n) is 2.03. The number of nitrogen functional groups attached to an aromatic ring is 1. The van der Waals surface area contributed by atoms with Crippen LogP contribution in [0.1, 0.15) is 15.9 Å². The van der Waals surface area contributed by atoms with Gasteiger partial charge in [-0.1, -0.05) is 12.1 Å². The van der Waals surface area contributed by atoms with E-state index in [9.17, 15) is 4.79 Å². The minimum atomic E-state index is -0.0278. The predicted molar refractivity (Wildman–Crippen MR) is 86.1 cm³/mol. The van der Waals surface area contributed by atoms with E-state index < -0.39 is 0 Å². The second kappa shape index (κ2) is 6.63. The summed E-state index contributed by atoms with van der Waals surface area (Å²) < 4.78 is 11.2. The molecule has 0 aliphatic heterocycles. The van der Waals surface area contributed by atoms with Gasteiger partial charge in [0.2, 0.25) is 0 Å². The molecule has 0 atom stereocenters. The van der Waals surface area contributed by atoms with E-state index in [0.29, 0.717) is 27.2 Å². The zero-order valence-corrected chi connectivity index (χ0v) is 13.4. The lowest BCUT2D eigenvalue weighted by Crippen LogP contribution is -2.07. The normalized spacial score (nSPS) is 10.2. The van der Waals surface area contributed by atoms with Crippen LogP contribution in [0.3, 0.4) is 0 Å². The Morgan fingerprint density at radius 3 is 2.33 bits per heavy atom. The summed E-state index contributed by atoms with van der Waals surface area (Å²) >= 11 is 3.40. The fourth-order valence-corrected chi connectivity index (χ4v) is 2.70. The Balaban J connectivity index is 2.30. The van der Waals surface area contributed by atoms with Crippen LogP contribution in [0, 0.1) is 0 Å². The number of benzene rings is 2. The van der Waals surface area contributed by atoms with Crippen molar-refractivity contribution in [3.05, 3.63) is 52.0 Å². The number of ether oxygens (including phenoxy) is 2. The van der Waals surface area contributed by atoms with Gasteiger partial charge in [0.05, 0.1) is 19.8 Å². The number of Topliss-reactive ketones (excluding diaryl/α,β-unsaturated/α-hetero) is 1. The lowest BCUT2D eigenvalue weighted by Gasteiger charge is -2.12. The van der Waals surface area contributed by atoms with Gasteiger partial charge in [0, 0.05) is 12.1 Å². The summed E-state index contributed by atoms with van der Waals surface area (Å²) in [6.07, 6.45) is 0.287. The second-order valence-corrected chi connectivity index (χ2v) is 5.30. The first-order valence-corrected chi connectivity index (χ1v) is 7.14. The number of anilines is 1. The molecule has 21 heavy (non-hydrogen) atoms. The first kappa shape index (κ1) is 15.4. The van der Waals surface area contributed by atoms with Crippen molar-refractivity contribution in [1.82, 2.24) is 0 Å². The minimum absolute atomic E-state index is 0.0278. The van der Waals surface area contributed by atoms with Crippen LogP contribution in [0.25, 0.3) is 0 Å². The topological polar surface area (TPSA) is 61.5 Å². The van der Waals surface area contributed by atoms with Gasteiger partial charge >= 0.3 is 0 Å². The van der Waals surface area contributed by atoms with Crippen LogP contribution in [0.4, 0.5) is 5.69 Å². The van der Waals surface area contributed by atoms with Crippen molar-refractivity contribution in [1.29, 1.82) is 0 Å². The first-order valence-electron chi connectivity index (χ1n) is 6.35. The SMILES string of the molecule is COc1ccc(C(=O)Cc2ccc(N)cc2)c(OC)c1Br. The summed E-state index contributed by atoms with van der Waals surface area (Å²) in [7, 11) is 3.09. The average molecular weight is 350 g/mol. The van der Waals surface area contributed by atoms with Crippen LogP contribution >= 0.6 is 15.9 Å². The van der Waals surface area contributed by atoms with Gasteiger partial charge < -0.3 is 15.2 Å². The second-order valence-electron chi connectivity index (χ2n) is 4.50. The molecule has 0 spiro atoms. The van der Waals surface area contributed by atoms with Crippen LogP contribution in [-0.4, -0.2) is 20.0 Å². The highest BCUT2D eigenvalue weighted by Crippen LogP contribution is 2.37. The largest absolute Gasteiger partial charge is 0.495 e. The molecule has 0 heterocycles. The summed E-state index contributed by atoms with van der Waals surface area (Å²) in [6.45, 7) is 0. The number of ketones is 1. The van der Waals surface area contributed by atoms with Gasteiger partial charge in [0.25, 0.3) is 0 Å². The highest BCUT2D eigenvalue weighted by atomic mass is 79.9. The van der Waals surface area contributed by atoms with E-state index in [1.54, 1.807) is 31.4 Å². The number of hydrogen-bond acceptors (Lipinski definition) is 4. The first-order chi connectivity index (χ1) is 10.1. The highest BCUT2D eigenvalue weighted by Gasteiger charge is 2.18. The molecule has 0 saturated heterocycles. The number of halogens is 1. The molecule has 0 amide bonds. The molecule has 0 fully saturated rings. The molecule has 0 unspecified atom stereocenters. The van der Waals surface area contributed by atoms with Gasteiger partial charge in [-0.3, -0.25) is 4.79 Å². The van der Waals surface area contributed by atoms with Gasteiger partial charge in [0.15, 0.2) is 5.78 Å². The lowest BCUT2D eigenvalue weighted by atomic mass is 10.0. The van der Waals surface area contributed by atoms with Crippen LogP contribution in [0.2, 0.25) is 0 Å². The van der Waals surface area contributed by atoms with Gasteiger partial charge in [0.1, 0.15) is 16.0 Å². The molecule has 5 heteroatoms. The van der Waals surface area contributed by atoms with Crippen LogP contribution < -0.4 is 15.2 Å². The van der Waals surface area contributed by atoms with Gasteiger partial charge in [-0.25, -0.2) is 0 Å². The highest BCUT2D eigenvalue weighted by molar-refractivity contribution is 9.10. The molecule has 2 aromatic rings. The predicted octanol–water partition coefficient (Wildman–Crippen LogP) is 3.47. The molecular formula is C16H16BrNO3. The Labute approximate surface area is 132 Å². The maximum absolute atomic E-state index is 12.5. The third-order valence-electron chi connectivity index (χ3n) is 3.13. The molecule has 2 N–H and O–H groups in total. The summed E-state index contributed by atoms with van der Waals surface area (Å²) in [5.74, 6) is 1.07. The monoisotopic (exact) mass is 349 g/mol. The number of hydrogen-bond donors (Lipinski definition) is 1. The summed E-state index contributed by atoms with van der Waals surface area (Å²) in [5.41, 5.74) is 7.74. The minimum Gasteiger partial charge on any atom is -0.495 e. The van der Waals surface area contributed by atoms with E-state index in [1.165, 1.54) is 7.11 Å². The Kier molecular flexibility index (Phi) is 4.85. The summed E-state index contributed by atoms with van der Waals surface area (Å²) in [5, 5.41) is 0. The molecule has 0 aliphatic carbocycles. The zero-order chi connectivity index (χ0) is 15.4. The number of rotatable bonds is 5. The fraction of sp³-hybridized carbons (Fsp3) is 0.188. The van der Waals surface area contributed by atoms with E-state index in [2.05, 4.69) is 15.9 Å². The van der Waals surface area contributed by atoms with Crippen molar-refractivity contribution >= 4 is 27.4 Å². The molecular weight excluding hydrogens is 334 g/mol. The van der Waals surface area contributed by atoms with Gasteiger partial charge in [-0.2, -0.15) is 0 Å². The number of methoxy groups -OCH3 is 2. The van der Waals surface area contributed by atoms with Crippen LogP contribution in [-0.2, 0) is 6.42 Å². The molecule has 0 aliphatic rings. The van der Waals surface area contributed by atoms with E-state index in [-0.39, 0.29) is 12.2 Å². The molecule has 110 valence electrons. The van der Waals surface area contributed by atoms with Crippen molar-refractivity contribution in [2.45, 2.75) is 6.42 Å². The van der Waals surface area contributed by atoms with Crippen LogP contribution in [0.15, 0.2) is 40.9 Å². The van der Waals surface area contributed by atoms with Crippen molar-refractivity contribution in [3.8, 4) is 11.5 Å². The van der Waals surface area contributed by atoms with E-state index in [0.717, 1.165) is 5.56 Å². The number of carbonyl (C=O) groups excluding carboxylic acids is 1. The van der Waals surface area contributed by atoms with Crippen molar-refractivity contribution in [2.24, 2.45) is 0 Å². The summed E-state index contributed by atoms with van der Waals surface area (Å²) in [6, 6.07) is 10.7. The lowest BCUT2D eigenvalue weighted by molar-refractivity contribution is 0.0990. The summed E-state index contributed by atoms with van der Waals surface area (Å²) in [4.78, 5) is 12.5. The molecule has 0 bridgehead atoms. The third-order valence-corrected chi connectivity index (χ3v) is 3.88. The molecule has 0 saturated carbocycles. The van der Waals surface area contributed by atoms with Crippen LogP contribution in [0.5, 0.6) is 11.5 Å². The number of nitrogens with two attached hydrogens (primary N) is 1. The number of carbonyl (C=O) groups is 1. The molecule has 4 nitrogen and oxygen atoms in total. The Morgan fingerprint density at radius 2 is 1.76 bits per heavy atom.